The predicted octanol–water partition coefficient (Wildman–Crippen LogP) is 19.2. The predicted molar refractivity (Wildman–Crippen MR) is 405 cm³/mol. The summed E-state index contributed by atoms with van der Waals surface area (Å²) in [4.78, 5) is 131. The Hall–Kier alpha value is -13.5. The van der Waals surface area contributed by atoms with Crippen LogP contribution in [0.3, 0.4) is 0 Å². The van der Waals surface area contributed by atoms with Crippen LogP contribution >= 0.6 is 0 Å². The highest BCUT2D eigenvalue weighted by Crippen LogP contribution is 2.42. The minimum atomic E-state index is -5.40. The highest BCUT2D eigenvalue weighted by Gasteiger charge is 2.48. The molecule has 3 aromatic carbocycles. The second kappa shape index (κ2) is 51.2. The first-order chi connectivity index (χ1) is 54.0. The van der Waals surface area contributed by atoms with Gasteiger partial charge in [-0.05, 0) is 99.8 Å². The van der Waals surface area contributed by atoms with Gasteiger partial charge in [0.1, 0.15) is 40.5 Å². The lowest BCUT2D eigenvalue weighted by molar-refractivity contribution is -0.152. The van der Waals surface area contributed by atoms with Gasteiger partial charge in [0.2, 0.25) is 5.70 Å². The number of hydrogen-bond donors (Lipinski definition) is 0. The first-order valence-corrected chi connectivity index (χ1v) is 33.8. The van der Waals surface area contributed by atoms with E-state index in [1.54, 1.807) is 132 Å². The standard InChI is InChI=1S/C15H10N2O.C15H11NO2.C11H8O2.C10H10N2O2.C7H6F6O2.C7H6F3NO2.C6H7F3O2.C6H7NO.3C2H6/c1-9(2)13-14(12(8-16)17-3)10-6-4-5-7-11(10)15(13)18;1-4-10-13(14(16-3)9(2)17)11-7-5-6-8-12(11)15(10)18;1-2-7-10(12)8-5-3-4-6-9(8)11(7)13;1-4-7-6(2)8(5-11)10(14)12(3)9(7)13;1-3(6(8,9)10)4(5(14)15-2)7(11,12)13;1-4(7(8,9)10)5(3-11)6(12)13-2;1-3-4(5(10)11-2)6(7,8)9;1-3-6(4-7)5(2)8;3*1-2/h4-7H,1-2H3;4-8H,1-2H3;2-6H,1H3;4H,1-3H3;1-2H3;1-2H3;3H,1-2H3;3H,1-2H3;3*1-2H3/b14-12-;10-4-,14-13+;;7-4+;4-3+;5-4-;4-3-;6-3-;;;. The molecule has 0 unspecified atom stereocenters. The maximum atomic E-state index is 12.3. The van der Waals surface area contributed by atoms with Crippen LogP contribution in [0.25, 0.3) is 20.8 Å². The first kappa shape index (κ1) is 109. The number of ketones is 6. The number of alkyl halides is 12. The molecule has 618 valence electrons. The van der Waals surface area contributed by atoms with E-state index < -0.39 is 76.4 Å². The van der Waals surface area contributed by atoms with E-state index in [-0.39, 0.29) is 70.1 Å². The molecular formula is C83H83F12N7O14. The number of fused-ring (bicyclic) bond motifs is 3. The molecule has 0 N–H and O–H groups in total. The van der Waals surface area contributed by atoms with Crippen LogP contribution in [0.15, 0.2) is 187 Å². The molecule has 0 atom stereocenters. The fourth-order valence-electron chi connectivity index (χ4n) is 9.29. The van der Waals surface area contributed by atoms with Gasteiger partial charge in [0, 0.05) is 62.7 Å². The van der Waals surface area contributed by atoms with Crippen molar-refractivity contribution in [3.63, 3.8) is 0 Å². The van der Waals surface area contributed by atoms with Crippen LogP contribution in [0.1, 0.15) is 177 Å². The van der Waals surface area contributed by atoms with Crippen molar-refractivity contribution >= 4 is 75.6 Å². The van der Waals surface area contributed by atoms with E-state index in [0.717, 1.165) is 37.7 Å². The molecule has 7 rings (SSSR count). The van der Waals surface area contributed by atoms with Crippen molar-refractivity contribution < 1.29 is 120 Å². The summed E-state index contributed by atoms with van der Waals surface area (Å²) in [5.74, 6) is -6.59. The largest absolute Gasteiger partial charge is 0.465 e. The molecule has 1 aliphatic heterocycles. The fourth-order valence-corrected chi connectivity index (χ4v) is 9.29. The van der Waals surface area contributed by atoms with Crippen molar-refractivity contribution in [2.45, 2.75) is 149 Å². The molecule has 2 amide bonds. The molecule has 0 radical (unpaired) electrons. The lowest BCUT2D eigenvalue weighted by Gasteiger charge is -2.23. The van der Waals surface area contributed by atoms with Crippen molar-refractivity contribution in [1.82, 2.24) is 4.90 Å². The summed E-state index contributed by atoms with van der Waals surface area (Å²) in [6.07, 6.45) is -12.9. The second-order valence-corrected chi connectivity index (χ2v) is 21.7. The topological polar surface area (TPSA) is 323 Å². The van der Waals surface area contributed by atoms with Crippen LogP contribution in [-0.4, -0.2) is 122 Å². The number of halogens is 12. The highest BCUT2D eigenvalue weighted by molar-refractivity contribution is 6.39. The van der Waals surface area contributed by atoms with Gasteiger partial charge in [-0.25, -0.2) is 29.3 Å². The van der Waals surface area contributed by atoms with Gasteiger partial charge in [-0.3, -0.25) is 38.5 Å². The summed E-state index contributed by atoms with van der Waals surface area (Å²) in [5, 5.41) is 34.2. The fraction of sp³-hybridized carbons (Fsp3) is 0.313. The zero-order valence-corrected chi connectivity index (χ0v) is 67.2. The number of carbonyl (C=O) groups excluding carboxylic acids is 11. The number of Topliss-reactive ketones (excluding diaryl/α,β-unsaturated/α-hetero) is 6. The highest BCUT2D eigenvalue weighted by atomic mass is 19.4. The molecule has 33 heteroatoms. The zero-order chi connectivity index (χ0) is 91.6. The van der Waals surface area contributed by atoms with E-state index >= 15 is 0 Å². The quantitative estimate of drug-likeness (QED) is 0.0335. The number of esters is 3. The Morgan fingerprint density at radius 1 is 0.448 bits per heavy atom. The third kappa shape index (κ3) is 29.5. The zero-order valence-electron chi connectivity index (χ0n) is 67.2. The molecule has 0 aromatic heterocycles. The van der Waals surface area contributed by atoms with Crippen molar-refractivity contribution in [1.29, 1.82) is 21.0 Å². The summed E-state index contributed by atoms with van der Waals surface area (Å²) in [6, 6.07) is 27.7. The molecule has 4 aliphatic rings. The number of allylic oxidation sites excluding steroid dienone is 16. The Kier molecular flexibility index (Phi) is 48.0. The van der Waals surface area contributed by atoms with Crippen LogP contribution in [0.5, 0.6) is 0 Å². The van der Waals surface area contributed by atoms with Crippen molar-refractivity contribution in [3.8, 4) is 24.3 Å². The van der Waals surface area contributed by atoms with Gasteiger partial charge in [-0.2, -0.15) is 68.5 Å². The van der Waals surface area contributed by atoms with Gasteiger partial charge in [0.15, 0.2) is 34.7 Å². The van der Waals surface area contributed by atoms with Gasteiger partial charge in [0.25, 0.3) is 17.5 Å². The van der Waals surface area contributed by atoms with Crippen LogP contribution in [0.2, 0.25) is 0 Å². The number of amides is 2. The number of imide groups is 1. The molecule has 21 nitrogen and oxygen atoms in total. The molecular weight excluding hydrogens is 1550 g/mol. The summed E-state index contributed by atoms with van der Waals surface area (Å²) < 4.78 is 155. The maximum Gasteiger partial charge on any atom is 0.423 e. The van der Waals surface area contributed by atoms with Crippen molar-refractivity contribution in [2.75, 3.05) is 28.4 Å². The van der Waals surface area contributed by atoms with E-state index in [0.29, 0.717) is 92.5 Å². The van der Waals surface area contributed by atoms with Crippen molar-refractivity contribution in [2.24, 2.45) is 0 Å². The summed E-state index contributed by atoms with van der Waals surface area (Å²) in [6.45, 7) is 42.9. The van der Waals surface area contributed by atoms with E-state index in [4.69, 9.17) is 34.2 Å². The summed E-state index contributed by atoms with van der Waals surface area (Å²) in [7, 11) is 3.75. The smallest absolute Gasteiger partial charge is 0.423 e. The molecule has 0 fully saturated rings. The van der Waals surface area contributed by atoms with E-state index in [2.05, 4.69) is 23.9 Å². The Morgan fingerprint density at radius 3 is 1.09 bits per heavy atom. The Labute approximate surface area is 663 Å². The molecule has 0 saturated carbocycles. The van der Waals surface area contributed by atoms with Gasteiger partial charge in [0.05, 0.1) is 57.3 Å². The van der Waals surface area contributed by atoms with Gasteiger partial charge < -0.3 is 19.0 Å². The number of nitriles is 4. The molecule has 0 saturated heterocycles. The van der Waals surface area contributed by atoms with E-state index in [9.17, 15) is 105 Å². The average Bonchev–Trinajstić information content (AvgIpc) is 1.61. The number of rotatable bonds is 5. The maximum absolute atomic E-state index is 12.3. The number of nitrogens with zero attached hydrogens (tertiary/aromatic N) is 7. The number of likely N-dealkylation sites (N-methyl/N-ethyl adjacent to an activating group) is 1. The third-order valence-electron chi connectivity index (χ3n) is 14.8. The number of hydrogen-bond acceptors (Lipinski definition) is 18. The van der Waals surface area contributed by atoms with Gasteiger partial charge in [-0.1, -0.05) is 150 Å². The van der Waals surface area contributed by atoms with Gasteiger partial charge in [-0.15, -0.1) is 0 Å². The summed E-state index contributed by atoms with van der Waals surface area (Å²) >= 11 is 0. The van der Waals surface area contributed by atoms with Crippen LogP contribution in [0.4, 0.5) is 52.7 Å². The lowest BCUT2D eigenvalue weighted by atomic mass is 9.96. The van der Waals surface area contributed by atoms with Gasteiger partial charge >= 0.3 is 42.6 Å². The number of benzene rings is 3. The average molecular weight is 1630 g/mol. The molecule has 0 spiro atoms. The Morgan fingerprint density at radius 2 is 0.828 bits per heavy atom. The first-order valence-electron chi connectivity index (χ1n) is 33.8. The number of ether oxygens (including phenoxy) is 3. The van der Waals surface area contributed by atoms with Crippen LogP contribution < -0.4 is 0 Å². The normalized spacial score (nSPS) is 14.9. The third-order valence-corrected chi connectivity index (χ3v) is 14.8. The molecule has 0 bridgehead atoms. The summed E-state index contributed by atoms with van der Waals surface area (Å²) in [5.41, 5.74) is -0.204. The van der Waals surface area contributed by atoms with Crippen LogP contribution in [-0.2, 0) is 47.8 Å². The Bertz CT molecular complexity index is 4830. The SMILES string of the molecule is C/C=C(/C#N)C(C)=O.C/C=C(/C(=O)OC)C(F)(F)F.C/C=C1/C(=O)N(C)C(=O)C(C#N)=C1C.CC.CC.CC.CC=C1C(=O)c2ccccc2C1=O.COC(=O)/C(=C(/C)C(F)(F)F)C(F)(F)F.COC(=O)/C(C#N)=C(/C)C(F)(F)F.[C-]#[N+]/C(C#N)=C1\C(=C(C)C)C(=O)c2ccccc21.[C-]#[N+]/C(C(C)=O)=C1\C(=C\C)C(=O)c2ccccc21. The molecule has 3 aromatic rings. The van der Waals surface area contributed by atoms with Crippen molar-refractivity contribution in [3.05, 3.63) is 243 Å². The molecule has 116 heavy (non-hydrogen) atoms. The molecule has 1 heterocycles. The molecule has 3 aliphatic carbocycles. The second-order valence-electron chi connectivity index (χ2n) is 21.7. The monoisotopic (exact) mass is 1630 g/mol. The Balaban J connectivity index is -0.000000617. The minimum absolute atomic E-state index is 0.0236. The number of carbonyl (C=O) groups is 11. The van der Waals surface area contributed by atoms with Crippen LogP contribution in [0, 0.1) is 58.5 Å². The lowest BCUT2D eigenvalue weighted by Crippen LogP contribution is -2.39. The van der Waals surface area contributed by atoms with E-state index in [1.807, 2.05) is 67.5 Å². The number of methoxy groups -OCH3 is 3. The minimum Gasteiger partial charge on any atom is -0.465 e. The van der Waals surface area contributed by atoms with E-state index in [1.165, 1.54) is 27.0 Å².